The fourth-order valence-corrected chi connectivity index (χ4v) is 3.46. The Kier molecular flexibility index (Phi) is 5.88. The first-order valence-corrected chi connectivity index (χ1v) is 9.29. The van der Waals surface area contributed by atoms with Gasteiger partial charge in [-0.3, -0.25) is 4.98 Å². The lowest BCUT2D eigenvalue weighted by molar-refractivity contribution is 0.347. The molecule has 0 spiro atoms. The predicted molar refractivity (Wildman–Crippen MR) is 114 cm³/mol. The van der Waals surface area contributed by atoms with Crippen molar-refractivity contribution in [2.45, 2.75) is 27.2 Å². The number of aromatic nitrogens is 1. The molecule has 3 aromatic rings. The minimum absolute atomic E-state index is 0.535. The number of rotatable bonds is 7. The summed E-state index contributed by atoms with van der Waals surface area (Å²) in [5.74, 6) is 2.36. The van der Waals surface area contributed by atoms with Crippen molar-refractivity contribution in [1.29, 1.82) is 0 Å². The first kappa shape index (κ1) is 19.7. The number of hydrogen-bond acceptors (Lipinski definition) is 4. The van der Waals surface area contributed by atoms with Crippen LogP contribution in [0.3, 0.4) is 0 Å². The van der Waals surface area contributed by atoms with Crippen LogP contribution in [0, 0.1) is 13.8 Å². The highest BCUT2D eigenvalue weighted by molar-refractivity contribution is 5.88. The SMILES string of the molecule is C=C(C)COc1c(C)cc(Cc2nccc3cc(OC)c(OC)cc23)cc1C. The fourth-order valence-electron chi connectivity index (χ4n) is 3.46. The Morgan fingerprint density at radius 2 is 1.64 bits per heavy atom. The molecule has 1 heterocycles. The Labute approximate surface area is 166 Å². The smallest absolute Gasteiger partial charge is 0.161 e. The number of nitrogens with zero attached hydrogens (tertiary/aromatic N) is 1. The lowest BCUT2D eigenvalue weighted by atomic mass is 9.99. The van der Waals surface area contributed by atoms with Gasteiger partial charge in [0.2, 0.25) is 0 Å². The highest BCUT2D eigenvalue weighted by atomic mass is 16.5. The first-order chi connectivity index (χ1) is 13.4. The second-order valence-corrected chi connectivity index (χ2v) is 7.17. The average Bonchev–Trinajstić information content (AvgIpc) is 2.66. The maximum atomic E-state index is 5.91. The molecule has 3 rings (SSSR count). The number of benzene rings is 2. The van der Waals surface area contributed by atoms with Gasteiger partial charge in [0.25, 0.3) is 0 Å². The lowest BCUT2D eigenvalue weighted by Gasteiger charge is -2.15. The van der Waals surface area contributed by atoms with Crippen LogP contribution in [-0.2, 0) is 6.42 Å². The van der Waals surface area contributed by atoms with Crippen LogP contribution in [0.4, 0.5) is 0 Å². The monoisotopic (exact) mass is 377 g/mol. The lowest BCUT2D eigenvalue weighted by Crippen LogP contribution is -2.03. The number of pyridine rings is 1. The van der Waals surface area contributed by atoms with Crippen LogP contribution in [0.5, 0.6) is 17.2 Å². The van der Waals surface area contributed by atoms with Gasteiger partial charge in [0.15, 0.2) is 11.5 Å². The maximum absolute atomic E-state index is 5.91. The Bertz CT molecular complexity index is 1000. The van der Waals surface area contributed by atoms with E-state index in [4.69, 9.17) is 14.2 Å². The Morgan fingerprint density at radius 3 is 2.25 bits per heavy atom. The van der Waals surface area contributed by atoms with Crippen LogP contribution in [0.1, 0.15) is 29.3 Å². The van der Waals surface area contributed by atoms with Crippen LogP contribution < -0.4 is 14.2 Å². The summed E-state index contributed by atoms with van der Waals surface area (Å²) in [7, 11) is 3.30. The molecule has 2 aromatic carbocycles. The molecule has 0 atom stereocenters. The maximum Gasteiger partial charge on any atom is 0.161 e. The van der Waals surface area contributed by atoms with Gasteiger partial charge in [-0.25, -0.2) is 0 Å². The minimum atomic E-state index is 0.535. The molecule has 0 fully saturated rings. The third-order valence-corrected chi connectivity index (χ3v) is 4.71. The first-order valence-electron chi connectivity index (χ1n) is 9.29. The van der Waals surface area contributed by atoms with E-state index >= 15 is 0 Å². The van der Waals surface area contributed by atoms with Crippen molar-refractivity contribution in [1.82, 2.24) is 4.98 Å². The molecular weight excluding hydrogens is 350 g/mol. The molecule has 0 bridgehead atoms. The molecule has 146 valence electrons. The van der Waals surface area contributed by atoms with Crippen LogP contribution in [0.25, 0.3) is 10.8 Å². The van der Waals surface area contributed by atoms with E-state index in [9.17, 15) is 0 Å². The van der Waals surface area contributed by atoms with E-state index in [0.717, 1.165) is 51.1 Å². The normalized spacial score (nSPS) is 10.8. The number of methoxy groups -OCH3 is 2. The molecule has 0 N–H and O–H groups in total. The molecule has 0 saturated carbocycles. The topological polar surface area (TPSA) is 40.6 Å². The molecule has 0 aliphatic heterocycles. The number of aryl methyl sites for hydroxylation is 2. The fraction of sp³-hybridized carbons (Fsp3) is 0.292. The molecule has 0 saturated heterocycles. The Morgan fingerprint density at radius 1 is 1.00 bits per heavy atom. The third-order valence-electron chi connectivity index (χ3n) is 4.71. The third kappa shape index (κ3) is 4.11. The van der Waals surface area contributed by atoms with E-state index in [1.54, 1.807) is 14.2 Å². The molecule has 1 aromatic heterocycles. The van der Waals surface area contributed by atoms with Crippen molar-refractivity contribution in [2.75, 3.05) is 20.8 Å². The number of hydrogen-bond donors (Lipinski definition) is 0. The van der Waals surface area contributed by atoms with Crippen molar-refractivity contribution in [2.24, 2.45) is 0 Å². The summed E-state index contributed by atoms with van der Waals surface area (Å²) in [4.78, 5) is 4.64. The van der Waals surface area contributed by atoms with Gasteiger partial charge in [-0.1, -0.05) is 18.7 Å². The van der Waals surface area contributed by atoms with Crippen molar-refractivity contribution < 1.29 is 14.2 Å². The molecular formula is C24H27NO3. The summed E-state index contributed by atoms with van der Waals surface area (Å²) >= 11 is 0. The van der Waals surface area contributed by atoms with Crippen molar-refractivity contribution in [3.63, 3.8) is 0 Å². The van der Waals surface area contributed by atoms with E-state index in [-0.39, 0.29) is 0 Å². The van der Waals surface area contributed by atoms with Crippen LogP contribution in [0.2, 0.25) is 0 Å². The zero-order chi connectivity index (χ0) is 20.3. The summed E-state index contributed by atoms with van der Waals surface area (Å²) in [5, 5.41) is 2.15. The standard InChI is InChI=1S/C24H27NO3/c1-15(2)14-28-24-16(3)9-18(10-17(24)4)11-21-20-13-23(27-6)22(26-5)12-19(20)7-8-25-21/h7-10,12-13H,1,11,14H2,2-6H3. The number of fused-ring (bicyclic) bond motifs is 1. The van der Waals surface area contributed by atoms with Gasteiger partial charge in [-0.2, -0.15) is 0 Å². The Hall–Kier alpha value is -3.01. The van der Waals surface area contributed by atoms with E-state index < -0.39 is 0 Å². The summed E-state index contributed by atoms with van der Waals surface area (Å²) in [6, 6.07) is 10.3. The molecule has 0 aliphatic rings. The van der Waals surface area contributed by atoms with Gasteiger partial charge in [-0.05, 0) is 66.6 Å². The molecule has 4 heteroatoms. The summed E-state index contributed by atoms with van der Waals surface area (Å²) in [6.07, 6.45) is 2.57. The molecule has 0 unspecified atom stereocenters. The van der Waals surface area contributed by atoms with Gasteiger partial charge < -0.3 is 14.2 Å². The predicted octanol–water partition coefficient (Wildman–Crippen LogP) is 5.41. The van der Waals surface area contributed by atoms with Crippen LogP contribution in [0.15, 0.2) is 48.7 Å². The van der Waals surface area contributed by atoms with E-state index in [1.165, 1.54) is 5.56 Å². The highest BCUT2D eigenvalue weighted by Gasteiger charge is 2.12. The number of ether oxygens (including phenoxy) is 3. The van der Waals surface area contributed by atoms with Crippen molar-refractivity contribution in [3.8, 4) is 17.2 Å². The summed E-state index contributed by atoms with van der Waals surface area (Å²) in [5.41, 5.74) is 5.46. The second kappa shape index (κ2) is 8.34. The quantitative estimate of drug-likeness (QED) is 0.516. The van der Waals surface area contributed by atoms with Gasteiger partial charge in [-0.15, -0.1) is 0 Å². The molecule has 4 nitrogen and oxygen atoms in total. The van der Waals surface area contributed by atoms with Crippen LogP contribution >= 0.6 is 0 Å². The zero-order valence-electron chi connectivity index (χ0n) is 17.3. The Balaban J connectivity index is 1.97. The highest BCUT2D eigenvalue weighted by Crippen LogP contribution is 2.34. The molecule has 0 aliphatic carbocycles. The summed E-state index contributed by atoms with van der Waals surface area (Å²) < 4.78 is 16.8. The van der Waals surface area contributed by atoms with Gasteiger partial charge in [0, 0.05) is 18.0 Å². The van der Waals surface area contributed by atoms with Gasteiger partial charge >= 0.3 is 0 Å². The molecule has 0 radical (unpaired) electrons. The molecule has 0 amide bonds. The van der Waals surface area contributed by atoms with Gasteiger partial charge in [0.05, 0.1) is 19.9 Å². The minimum Gasteiger partial charge on any atom is -0.493 e. The van der Waals surface area contributed by atoms with Crippen molar-refractivity contribution in [3.05, 3.63) is 71.1 Å². The molecule has 28 heavy (non-hydrogen) atoms. The van der Waals surface area contributed by atoms with Crippen LogP contribution in [-0.4, -0.2) is 25.8 Å². The largest absolute Gasteiger partial charge is 0.493 e. The average molecular weight is 377 g/mol. The van der Waals surface area contributed by atoms with Gasteiger partial charge in [0.1, 0.15) is 12.4 Å². The van der Waals surface area contributed by atoms with E-state index in [2.05, 4.69) is 37.5 Å². The zero-order valence-corrected chi connectivity index (χ0v) is 17.3. The second-order valence-electron chi connectivity index (χ2n) is 7.17. The van der Waals surface area contributed by atoms with Crippen molar-refractivity contribution >= 4 is 10.8 Å². The summed E-state index contributed by atoms with van der Waals surface area (Å²) in [6.45, 7) is 10.6. The van der Waals surface area contributed by atoms with E-state index in [0.29, 0.717) is 12.4 Å². The van der Waals surface area contributed by atoms with E-state index in [1.807, 2.05) is 31.3 Å².